The van der Waals surface area contributed by atoms with E-state index in [1.807, 2.05) is 12.1 Å². The van der Waals surface area contributed by atoms with Gasteiger partial charge in [0.1, 0.15) is 17.3 Å². The van der Waals surface area contributed by atoms with Crippen molar-refractivity contribution in [2.24, 2.45) is 0 Å². The van der Waals surface area contributed by atoms with E-state index < -0.39 is 23.5 Å². The maximum Gasteiger partial charge on any atom is 0.287 e. The molecule has 5 rings (SSSR count). The van der Waals surface area contributed by atoms with Crippen LogP contribution >= 0.6 is 23.1 Å². The van der Waals surface area contributed by atoms with E-state index >= 15 is 0 Å². The minimum Gasteiger partial charge on any atom is -0.344 e. The lowest BCUT2D eigenvalue weighted by Gasteiger charge is -2.19. The Bertz CT molecular complexity index is 1770. The fourth-order valence-electron chi connectivity index (χ4n) is 4.44. The quantitative estimate of drug-likeness (QED) is 0.247. The minimum atomic E-state index is -0.686. The Morgan fingerprint density at radius 1 is 1.10 bits per heavy atom. The van der Waals surface area contributed by atoms with Crippen molar-refractivity contribution in [2.45, 2.75) is 32.9 Å². The molecule has 3 aromatic heterocycles. The van der Waals surface area contributed by atoms with E-state index in [4.69, 9.17) is 11.6 Å². The highest BCUT2D eigenvalue weighted by Gasteiger charge is 2.30. The number of benzene rings is 2. The number of hydrogen-bond acceptors (Lipinski definition) is 8. The zero-order chi connectivity index (χ0) is 29.1. The molecule has 1 atom stereocenters. The molecule has 2 aromatic carbocycles. The lowest BCUT2D eigenvalue weighted by atomic mass is 9.96. The normalized spacial score (nSPS) is 11.8. The molecule has 0 aliphatic rings. The second kappa shape index (κ2) is 11.9. The Balaban J connectivity index is 1.60. The van der Waals surface area contributed by atoms with E-state index in [0.29, 0.717) is 22.3 Å². The van der Waals surface area contributed by atoms with Crippen molar-refractivity contribution in [3.63, 3.8) is 0 Å². The largest absolute Gasteiger partial charge is 0.344 e. The summed E-state index contributed by atoms with van der Waals surface area (Å²) >= 11 is 7.61. The van der Waals surface area contributed by atoms with E-state index in [1.54, 1.807) is 31.2 Å². The number of rotatable bonds is 9. The average molecular weight is 592 g/mol. The lowest BCUT2D eigenvalue weighted by molar-refractivity contribution is -0.117. The molecule has 208 valence electrons. The molecule has 3 heterocycles. The van der Waals surface area contributed by atoms with E-state index in [0.717, 1.165) is 4.70 Å². The summed E-state index contributed by atoms with van der Waals surface area (Å²) in [6, 6.07) is 14.6. The molecule has 0 unspecified atom stereocenters. The summed E-state index contributed by atoms with van der Waals surface area (Å²) in [5.41, 5.74) is 1.38. The van der Waals surface area contributed by atoms with E-state index in [2.05, 4.69) is 30.2 Å². The first-order valence-electron chi connectivity index (χ1n) is 12.5. The second-order valence-electron chi connectivity index (χ2n) is 9.22. The summed E-state index contributed by atoms with van der Waals surface area (Å²) < 4.78 is 20.8. The van der Waals surface area contributed by atoms with Crippen LogP contribution < -0.4 is 10.6 Å². The summed E-state index contributed by atoms with van der Waals surface area (Å²) in [4.78, 5) is 43.7. The molecule has 2 amide bonds. The molecule has 0 saturated carbocycles. The highest BCUT2D eigenvalue weighted by atomic mass is 35.5. The van der Waals surface area contributed by atoms with Crippen LogP contribution in [0.3, 0.4) is 0 Å². The van der Waals surface area contributed by atoms with Crippen LogP contribution in [0.2, 0.25) is 5.02 Å². The van der Waals surface area contributed by atoms with Gasteiger partial charge in [-0.3, -0.25) is 14.4 Å². The van der Waals surface area contributed by atoms with Gasteiger partial charge in [0, 0.05) is 22.5 Å². The van der Waals surface area contributed by atoms with Gasteiger partial charge in [0.05, 0.1) is 29.2 Å². The minimum absolute atomic E-state index is 0.0193. The van der Waals surface area contributed by atoms with E-state index in [-0.39, 0.29) is 41.2 Å². The van der Waals surface area contributed by atoms with Crippen LogP contribution in [-0.2, 0) is 17.9 Å². The van der Waals surface area contributed by atoms with Crippen LogP contribution in [-0.4, -0.2) is 41.7 Å². The van der Waals surface area contributed by atoms with Gasteiger partial charge in [-0.25, -0.2) is 9.37 Å². The van der Waals surface area contributed by atoms with Crippen LogP contribution in [0.4, 0.5) is 10.2 Å². The van der Waals surface area contributed by atoms with Gasteiger partial charge in [-0.1, -0.05) is 36.7 Å². The molecular formula is C28H23ClFN7O3S. The number of halogens is 2. The van der Waals surface area contributed by atoms with Crippen LogP contribution in [0.15, 0.2) is 60.8 Å². The van der Waals surface area contributed by atoms with Gasteiger partial charge in [-0.05, 0) is 60.4 Å². The van der Waals surface area contributed by atoms with Gasteiger partial charge >= 0.3 is 0 Å². The third kappa shape index (κ3) is 5.98. The molecule has 0 bridgehead atoms. The molecule has 2 N–H and O–H groups in total. The number of ketones is 1. The Kier molecular flexibility index (Phi) is 8.13. The van der Waals surface area contributed by atoms with E-state index in [1.165, 1.54) is 47.4 Å². The summed E-state index contributed by atoms with van der Waals surface area (Å²) in [6.07, 6.45) is 1.51. The maximum absolute atomic E-state index is 14.3. The average Bonchev–Trinajstić information content (AvgIpc) is 3.54. The third-order valence-corrected chi connectivity index (χ3v) is 7.48. The third-order valence-electron chi connectivity index (χ3n) is 6.31. The number of nitrogens with zero attached hydrogens (tertiary/aromatic N) is 5. The highest BCUT2D eigenvalue weighted by Crippen LogP contribution is 2.36. The van der Waals surface area contributed by atoms with Gasteiger partial charge in [0.2, 0.25) is 5.82 Å². The van der Waals surface area contributed by atoms with Gasteiger partial charge < -0.3 is 15.2 Å². The molecule has 13 heteroatoms. The van der Waals surface area contributed by atoms with Crippen LogP contribution in [0.1, 0.15) is 57.8 Å². The standard InChI is InChI=1S/C28H23ClFN7O3S/c1-15(38)14-37-24(16(2)20-12-17(30)9-10-21(20)29)25(33-26(37)28(40)31-13-18-6-5-11-32-35-18)34-27(39)23-19-7-3-4-8-22(19)41-36-23/h3-12,16H,13-14H2,1-2H3,(H,31,40)(H,34,39)/t16-/m1/s1. The summed E-state index contributed by atoms with van der Waals surface area (Å²) in [7, 11) is 0. The van der Waals surface area contributed by atoms with E-state index in [9.17, 15) is 18.8 Å². The van der Waals surface area contributed by atoms with Gasteiger partial charge in [0.15, 0.2) is 5.82 Å². The monoisotopic (exact) mass is 591 g/mol. The number of carbonyl (C=O) groups is 3. The number of hydrogen-bond donors (Lipinski definition) is 2. The zero-order valence-electron chi connectivity index (χ0n) is 21.9. The molecule has 0 aliphatic heterocycles. The molecule has 0 radical (unpaired) electrons. The van der Waals surface area contributed by atoms with Gasteiger partial charge in [-0.15, -0.1) is 0 Å². The number of nitrogens with one attached hydrogen (secondary N) is 2. The first-order valence-corrected chi connectivity index (χ1v) is 13.6. The molecule has 41 heavy (non-hydrogen) atoms. The highest BCUT2D eigenvalue weighted by molar-refractivity contribution is 7.13. The van der Waals surface area contributed by atoms with Gasteiger partial charge in [0.25, 0.3) is 11.8 Å². The number of imidazole rings is 1. The van der Waals surface area contributed by atoms with Crippen molar-refractivity contribution in [2.75, 3.05) is 5.32 Å². The molecule has 0 fully saturated rings. The van der Waals surface area contributed by atoms with Crippen molar-refractivity contribution in [1.82, 2.24) is 29.4 Å². The Hall–Kier alpha value is -4.55. The summed E-state index contributed by atoms with van der Waals surface area (Å²) in [5.74, 6) is -2.75. The topological polar surface area (TPSA) is 132 Å². The van der Waals surface area contributed by atoms with Crippen LogP contribution in [0, 0.1) is 5.82 Å². The predicted molar refractivity (Wildman–Crippen MR) is 153 cm³/mol. The molecule has 0 saturated heterocycles. The second-order valence-corrected chi connectivity index (χ2v) is 10.4. The number of fused-ring (bicyclic) bond motifs is 1. The SMILES string of the molecule is CC(=O)Cn1c(C(=O)NCc2cccnn2)nc(NC(=O)c2nsc3ccccc23)c1[C@H](C)c1cc(F)ccc1Cl. The Labute approximate surface area is 242 Å². The lowest BCUT2D eigenvalue weighted by Crippen LogP contribution is -2.28. The number of aromatic nitrogens is 5. The fourth-order valence-corrected chi connectivity index (χ4v) is 5.49. The number of anilines is 1. The zero-order valence-corrected chi connectivity index (χ0v) is 23.5. The first-order chi connectivity index (χ1) is 19.7. The smallest absolute Gasteiger partial charge is 0.287 e. The fraction of sp³-hybridized carbons (Fsp3) is 0.179. The van der Waals surface area contributed by atoms with Crippen molar-refractivity contribution in [3.8, 4) is 0 Å². The number of amides is 2. The predicted octanol–water partition coefficient (Wildman–Crippen LogP) is 5.00. The van der Waals surface area contributed by atoms with Crippen molar-refractivity contribution >= 4 is 56.6 Å². The molecule has 0 aliphatic carbocycles. The summed E-state index contributed by atoms with van der Waals surface area (Å²) in [5, 5.41) is 14.2. The molecular weight excluding hydrogens is 569 g/mol. The van der Waals surface area contributed by atoms with Crippen LogP contribution in [0.5, 0.6) is 0 Å². The Morgan fingerprint density at radius 2 is 1.90 bits per heavy atom. The van der Waals surface area contributed by atoms with Crippen LogP contribution in [0.25, 0.3) is 10.1 Å². The number of carbonyl (C=O) groups excluding carboxylic acids is 3. The Morgan fingerprint density at radius 3 is 2.66 bits per heavy atom. The van der Waals surface area contributed by atoms with Gasteiger partial charge in [-0.2, -0.15) is 14.6 Å². The van der Waals surface area contributed by atoms with Crippen molar-refractivity contribution in [1.29, 1.82) is 0 Å². The number of Topliss-reactive ketones (excluding diaryl/α,β-unsaturated/α-hetero) is 1. The maximum atomic E-state index is 14.3. The summed E-state index contributed by atoms with van der Waals surface area (Å²) in [6.45, 7) is 2.91. The first kappa shape index (κ1) is 28.0. The molecule has 5 aromatic rings. The molecule has 0 spiro atoms. The van der Waals surface area contributed by atoms with Crippen molar-refractivity contribution < 1.29 is 18.8 Å². The molecule has 10 nitrogen and oxygen atoms in total. The van der Waals surface area contributed by atoms with Crippen molar-refractivity contribution in [3.05, 3.63) is 100 Å².